The molecule has 3 heterocycles. The largest absolute Gasteiger partial charge is 0.368 e. The van der Waals surface area contributed by atoms with Crippen molar-refractivity contribution in [2.75, 3.05) is 36.0 Å². The Hall–Kier alpha value is -2.77. The number of hydrogen-bond donors (Lipinski definition) is 0. The van der Waals surface area contributed by atoms with Gasteiger partial charge in [-0.15, -0.1) is 11.3 Å². The van der Waals surface area contributed by atoms with Gasteiger partial charge in [0.15, 0.2) is 5.78 Å². The Bertz CT molecular complexity index is 1230. The van der Waals surface area contributed by atoms with Crippen molar-refractivity contribution < 1.29 is 4.79 Å². The van der Waals surface area contributed by atoms with Crippen LogP contribution in [0.15, 0.2) is 64.7 Å². The number of anilines is 2. The fourth-order valence-electron chi connectivity index (χ4n) is 4.02. The summed E-state index contributed by atoms with van der Waals surface area (Å²) in [6.07, 6.45) is 1.67. The van der Waals surface area contributed by atoms with E-state index in [2.05, 4.69) is 60.4 Å². The molecule has 5 nitrogen and oxygen atoms in total. The van der Waals surface area contributed by atoms with Crippen molar-refractivity contribution in [3.8, 4) is 11.1 Å². The first kappa shape index (κ1) is 20.2. The zero-order chi connectivity index (χ0) is 21.4. The quantitative estimate of drug-likeness (QED) is 0.344. The molecule has 4 aromatic rings. The van der Waals surface area contributed by atoms with Crippen LogP contribution in [-0.2, 0) is 0 Å². The second kappa shape index (κ2) is 8.40. The summed E-state index contributed by atoms with van der Waals surface area (Å²) in [6, 6.07) is 16.3. The highest BCUT2D eigenvalue weighted by Crippen LogP contribution is 2.38. The van der Waals surface area contributed by atoms with Gasteiger partial charge in [-0.05, 0) is 48.9 Å². The van der Waals surface area contributed by atoms with Crippen LogP contribution >= 0.6 is 27.3 Å². The van der Waals surface area contributed by atoms with Crippen LogP contribution in [0, 0.1) is 0 Å². The molecule has 0 amide bonds. The number of Topliss-reactive ketones (excluding diaryl/α,β-unsaturated/α-hetero) is 1. The monoisotopic (exact) mass is 492 g/mol. The summed E-state index contributed by atoms with van der Waals surface area (Å²) in [5.74, 6) is 1.11. The van der Waals surface area contributed by atoms with Crippen LogP contribution in [0.2, 0.25) is 0 Å². The summed E-state index contributed by atoms with van der Waals surface area (Å²) in [5, 5.41) is 3.31. The zero-order valence-corrected chi connectivity index (χ0v) is 19.5. The Morgan fingerprint density at radius 3 is 2.29 bits per heavy atom. The maximum atomic E-state index is 11.5. The van der Waals surface area contributed by atoms with Crippen LogP contribution in [0.4, 0.5) is 11.5 Å². The van der Waals surface area contributed by atoms with E-state index >= 15 is 0 Å². The average Bonchev–Trinajstić information content (AvgIpc) is 3.24. The predicted octanol–water partition coefficient (Wildman–Crippen LogP) is 5.65. The van der Waals surface area contributed by atoms with Crippen LogP contribution in [0.25, 0.3) is 21.3 Å². The maximum absolute atomic E-state index is 11.5. The average molecular weight is 493 g/mol. The highest BCUT2D eigenvalue weighted by Gasteiger charge is 2.22. The molecule has 0 saturated carbocycles. The Balaban J connectivity index is 1.40. The van der Waals surface area contributed by atoms with Crippen LogP contribution < -0.4 is 9.80 Å². The third kappa shape index (κ3) is 3.95. The number of piperazine rings is 1. The molecule has 0 spiro atoms. The first-order valence-corrected chi connectivity index (χ1v) is 11.9. The van der Waals surface area contributed by atoms with Gasteiger partial charge in [0.25, 0.3) is 0 Å². The van der Waals surface area contributed by atoms with Gasteiger partial charge < -0.3 is 9.80 Å². The van der Waals surface area contributed by atoms with Crippen molar-refractivity contribution in [1.82, 2.24) is 9.97 Å². The number of benzene rings is 2. The SMILES string of the molecule is CC(=O)c1ccc(N2CCN(c3ncnc4scc(-c5ccc(Br)cc5)c34)CC2)cc1. The van der Waals surface area contributed by atoms with Crippen molar-refractivity contribution in [2.24, 2.45) is 0 Å². The molecule has 1 saturated heterocycles. The van der Waals surface area contributed by atoms with E-state index in [-0.39, 0.29) is 5.78 Å². The molecule has 1 aliphatic rings. The molecule has 0 unspecified atom stereocenters. The third-order valence-electron chi connectivity index (χ3n) is 5.72. The molecule has 0 N–H and O–H groups in total. The third-order valence-corrected chi connectivity index (χ3v) is 7.14. The number of hydrogen-bond acceptors (Lipinski definition) is 6. The van der Waals surface area contributed by atoms with Crippen molar-refractivity contribution in [3.63, 3.8) is 0 Å². The van der Waals surface area contributed by atoms with Gasteiger partial charge in [-0.25, -0.2) is 9.97 Å². The number of thiophene rings is 1. The number of aromatic nitrogens is 2. The number of carbonyl (C=O) groups excluding carboxylic acids is 1. The van der Waals surface area contributed by atoms with Crippen LogP contribution in [0.1, 0.15) is 17.3 Å². The van der Waals surface area contributed by atoms with Gasteiger partial charge in [0.1, 0.15) is 17.0 Å². The molecule has 0 atom stereocenters. The molecule has 0 radical (unpaired) electrons. The van der Waals surface area contributed by atoms with Gasteiger partial charge in [0.05, 0.1) is 5.39 Å². The number of rotatable bonds is 4. The molecule has 2 aromatic carbocycles. The van der Waals surface area contributed by atoms with E-state index < -0.39 is 0 Å². The number of carbonyl (C=O) groups is 1. The lowest BCUT2D eigenvalue weighted by atomic mass is 10.1. The van der Waals surface area contributed by atoms with Crippen molar-refractivity contribution in [3.05, 3.63) is 70.3 Å². The first-order valence-electron chi connectivity index (χ1n) is 10.2. The van der Waals surface area contributed by atoms with E-state index in [0.717, 1.165) is 57.9 Å². The molecule has 0 aliphatic carbocycles. The lowest BCUT2D eigenvalue weighted by molar-refractivity contribution is 0.101. The molecule has 1 aliphatic heterocycles. The Labute approximate surface area is 193 Å². The molecule has 0 bridgehead atoms. The summed E-state index contributed by atoms with van der Waals surface area (Å²) in [4.78, 5) is 26.5. The second-order valence-electron chi connectivity index (χ2n) is 7.61. The molecular formula is C24H21BrN4OS. The molecule has 156 valence electrons. The number of ketones is 1. The first-order chi connectivity index (χ1) is 15.1. The minimum absolute atomic E-state index is 0.0986. The van der Waals surface area contributed by atoms with E-state index in [4.69, 9.17) is 4.98 Å². The van der Waals surface area contributed by atoms with Gasteiger partial charge in [-0.1, -0.05) is 28.1 Å². The van der Waals surface area contributed by atoms with Crippen molar-refractivity contribution >= 4 is 54.8 Å². The summed E-state index contributed by atoms with van der Waals surface area (Å²) in [7, 11) is 0. The normalized spacial score (nSPS) is 14.3. The molecule has 5 rings (SSSR count). The Morgan fingerprint density at radius 2 is 1.61 bits per heavy atom. The standard InChI is InChI=1S/C24H21BrN4OS/c1-16(30)17-4-8-20(9-5-17)28-10-12-29(13-11-28)23-22-21(14-31-24(22)27-15-26-23)18-2-6-19(25)7-3-18/h2-9,14-15H,10-13H2,1H3. The van der Waals surface area contributed by atoms with Crippen LogP contribution in [0.5, 0.6) is 0 Å². The van der Waals surface area contributed by atoms with Crippen molar-refractivity contribution in [2.45, 2.75) is 6.92 Å². The van der Waals surface area contributed by atoms with Gasteiger partial charge >= 0.3 is 0 Å². The van der Waals surface area contributed by atoms with Gasteiger partial charge in [0, 0.05) is 52.8 Å². The highest BCUT2D eigenvalue weighted by atomic mass is 79.9. The second-order valence-corrected chi connectivity index (χ2v) is 9.38. The summed E-state index contributed by atoms with van der Waals surface area (Å²) >= 11 is 5.18. The van der Waals surface area contributed by atoms with Crippen molar-refractivity contribution in [1.29, 1.82) is 0 Å². The Morgan fingerprint density at radius 1 is 0.935 bits per heavy atom. The topological polar surface area (TPSA) is 49.3 Å². The Kier molecular flexibility index (Phi) is 5.46. The smallest absolute Gasteiger partial charge is 0.159 e. The highest BCUT2D eigenvalue weighted by molar-refractivity contribution is 9.10. The minimum atomic E-state index is 0.0986. The molecule has 31 heavy (non-hydrogen) atoms. The molecular weight excluding hydrogens is 472 g/mol. The minimum Gasteiger partial charge on any atom is -0.368 e. The summed E-state index contributed by atoms with van der Waals surface area (Å²) < 4.78 is 1.07. The fourth-order valence-corrected chi connectivity index (χ4v) is 5.20. The zero-order valence-electron chi connectivity index (χ0n) is 17.1. The number of halogens is 1. The van der Waals surface area contributed by atoms with E-state index in [1.54, 1.807) is 24.6 Å². The van der Waals surface area contributed by atoms with Crippen LogP contribution in [-0.4, -0.2) is 41.9 Å². The van der Waals surface area contributed by atoms with Gasteiger partial charge in [0.2, 0.25) is 0 Å². The van der Waals surface area contributed by atoms with E-state index in [1.807, 2.05) is 24.3 Å². The van der Waals surface area contributed by atoms with E-state index in [0.29, 0.717) is 0 Å². The summed E-state index contributed by atoms with van der Waals surface area (Å²) in [6.45, 7) is 5.18. The lowest BCUT2D eigenvalue weighted by Crippen LogP contribution is -2.46. The van der Waals surface area contributed by atoms with E-state index in [1.165, 1.54) is 11.1 Å². The number of fused-ring (bicyclic) bond motifs is 1. The lowest BCUT2D eigenvalue weighted by Gasteiger charge is -2.37. The maximum Gasteiger partial charge on any atom is 0.159 e. The van der Waals surface area contributed by atoms with Crippen LogP contribution in [0.3, 0.4) is 0 Å². The molecule has 7 heteroatoms. The number of nitrogens with zero attached hydrogens (tertiary/aromatic N) is 4. The van der Waals surface area contributed by atoms with Gasteiger partial charge in [-0.3, -0.25) is 4.79 Å². The summed E-state index contributed by atoms with van der Waals surface area (Å²) in [5.41, 5.74) is 4.27. The van der Waals surface area contributed by atoms with Gasteiger partial charge in [-0.2, -0.15) is 0 Å². The molecule has 1 fully saturated rings. The predicted molar refractivity (Wildman–Crippen MR) is 131 cm³/mol. The fraction of sp³-hybridized carbons (Fsp3) is 0.208. The molecule has 2 aromatic heterocycles. The van der Waals surface area contributed by atoms with E-state index in [9.17, 15) is 4.79 Å².